The Morgan fingerprint density at radius 3 is 2.56 bits per heavy atom. The molecule has 3 heteroatoms. The fourth-order valence-corrected chi connectivity index (χ4v) is 2.35. The Bertz CT molecular complexity index is 543. The van der Waals surface area contributed by atoms with Crippen LogP contribution in [0.25, 0.3) is 0 Å². The largest absolute Gasteiger partial charge is 0.379 e. The van der Waals surface area contributed by atoms with Crippen LogP contribution in [0.2, 0.25) is 5.02 Å². The van der Waals surface area contributed by atoms with E-state index in [4.69, 9.17) is 11.6 Å². The van der Waals surface area contributed by atoms with Crippen molar-refractivity contribution in [1.82, 2.24) is 0 Å². The number of benzene rings is 2. The summed E-state index contributed by atoms with van der Waals surface area (Å²) in [4.78, 5) is 0. The molecule has 0 bridgehead atoms. The van der Waals surface area contributed by atoms with Gasteiger partial charge in [0, 0.05) is 12.1 Å². The van der Waals surface area contributed by atoms with Crippen LogP contribution >= 0.6 is 11.6 Å². The smallest absolute Gasteiger partial charge is 0.128 e. The molecule has 18 heavy (non-hydrogen) atoms. The van der Waals surface area contributed by atoms with Gasteiger partial charge in [-0.05, 0) is 37.1 Å². The number of hydrogen-bond acceptors (Lipinski definition) is 1. The minimum absolute atomic E-state index is 0.203. The van der Waals surface area contributed by atoms with E-state index in [0.29, 0.717) is 17.1 Å². The monoisotopic (exact) mass is 263 g/mol. The predicted octanol–water partition coefficient (Wildman–Crippen LogP) is 4.71. The van der Waals surface area contributed by atoms with Crippen molar-refractivity contribution in [3.63, 3.8) is 0 Å². The molecule has 2 aromatic rings. The van der Waals surface area contributed by atoms with Crippen LogP contribution in [0.15, 0.2) is 36.4 Å². The summed E-state index contributed by atoms with van der Waals surface area (Å²) in [6.07, 6.45) is 0. The van der Waals surface area contributed by atoms with Gasteiger partial charge in [-0.1, -0.05) is 35.9 Å². The van der Waals surface area contributed by atoms with E-state index in [2.05, 4.69) is 11.4 Å². The first-order chi connectivity index (χ1) is 8.58. The molecule has 0 fully saturated rings. The lowest BCUT2D eigenvalue weighted by molar-refractivity contribution is 0.613. The average molecular weight is 264 g/mol. The Hall–Kier alpha value is -1.54. The first-order valence-corrected chi connectivity index (χ1v) is 6.20. The SMILES string of the molecule is Cc1cc(C)c(NCc2ccccc2F)c(Cl)c1. The van der Waals surface area contributed by atoms with Gasteiger partial charge in [-0.25, -0.2) is 4.39 Å². The summed E-state index contributed by atoms with van der Waals surface area (Å²) >= 11 is 6.18. The van der Waals surface area contributed by atoms with Gasteiger partial charge in [0.25, 0.3) is 0 Å². The van der Waals surface area contributed by atoms with Gasteiger partial charge in [-0.2, -0.15) is 0 Å². The molecule has 1 nitrogen and oxygen atoms in total. The second-order valence-corrected chi connectivity index (χ2v) is 4.79. The van der Waals surface area contributed by atoms with Crippen LogP contribution in [0.3, 0.4) is 0 Å². The van der Waals surface area contributed by atoms with Gasteiger partial charge < -0.3 is 5.32 Å². The van der Waals surface area contributed by atoms with Crippen LogP contribution in [0.4, 0.5) is 10.1 Å². The number of hydrogen-bond donors (Lipinski definition) is 1. The van der Waals surface area contributed by atoms with E-state index in [0.717, 1.165) is 16.8 Å². The molecule has 0 saturated heterocycles. The van der Waals surface area contributed by atoms with Crippen molar-refractivity contribution < 1.29 is 4.39 Å². The van der Waals surface area contributed by atoms with Gasteiger partial charge in [-0.3, -0.25) is 0 Å². The van der Waals surface area contributed by atoms with E-state index in [1.165, 1.54) is 6.07 Å². The molecular formula is C15H15ClFN. The summed E-state index contributed by atoms with van der Waals surface area (Å²) in [6.45, 7) is 4.42. The maximum Gasteiger partial charge on any atom is 0.128 e. The predicted molar refractivity (Wildman–Crippen MR) is 74.7 cm³/mol. The molecule has 1 N–H and O–H groups in total. The van der Waals surface area contributed by atoms with Crippen LogP contribution in [-0.2, 0) is 6.54 Å². The molecule has 0 radical (unpaired) electrons. The van der Waals surface area contributed by atoms with Crippen molar-refractivity contribution in [2.45, 2.75) is 20.4 Å². The molecule has 0 spiro atoms. The summed E-state index contributed by atoms with van der Waals surface area (Å²) in [6, 6.07) is 10.7. The minimum atomic E-state index is -0.203. The Balaban J connectivity index is 2.19. The van der Waals surface area contributed by atoms with E-state index in [1.807, 2.05) is 26.0 Å². The van der Waals surface area contributed by atoms with Gasteiger partial charge in [0.15, 0.2) is 0 Å². The highest BCUT2D eigenvalue weighted by molar-refractivity contribution is 6.33. The summed E-state index contributed by atoms with van der Waals surface area (Å²) in [7, 11) is 0. The molecule has 0 unspecified atom stereocenters. The molecular weight excluding hydrogens is 249 g/mol. The van der Waals surface area contributed by atoms with Crippen molar-refractivity contribution >= 4 is 17.3 Å². The molecule has 0 aliphatic rings. The maximum absolute atomic E-state index is 13.5. The van der Waals surface area contributed by atoms with Gasteiger partial charge in [0.05, 0.1) is 10.7 Å². The lowest BCUT2D eigenvalue weighted by Crippen LogP contribution is -2.03. The van der Waals surface area contributed by atoms with Crippen LogP contribution in [0, 0.1) is 19.7 Å². The molecule has 0 aliphatic carbocycles. The van der Waals surface area contributed by atoms with Gasteiger partial charge in [-0.15, -0.1) is 0 Å². The van der Waals surface area contributed by atoms with Crippen molar-refractivity contribution in [2.75, 3.05) is 5.32 Å². The molecule has 0 aromatic heterocycles. The van der Waals surface area contributed by atoms with Crippen molar-refractivity contribution in [1.29, 1.82) is 0 Å². The van der Waals surface area contributed by atoms with Crippen molar-refractivity contribution in [2.24, 2.45) is 0 Å². The maximum atomic E-state index is 13.5. The lowest BCUT2D eigenvalue weighted by Gasteiger charge is -2.13. The number of rotatable bonds is 3. The third-order valence-electron chi connectivity index (χ3n) is 2.85. The second kappa shape index (κ2) is 5.40. The first kappa shape index (κ1) is 12.9. The van der Waals surface area contributed by atoms with E-state index in [-0.39, 0.29) is 5.82 Å². The number of anilines is 1. The number of nitrogens with one attached hydrogen (secondary N) is 1. The normalized spacial score (nSPS) is 10.4. The summed E-state index contributed by atoms with van der Waals surface area (Å²) < 4.78 is 13.5. The highest BCUT2D eigenvalue weighted by Gasteiger charge is 2.06. The molecule has 94 valence electrons. The van der Waals surface area contributed by atoms with Crippen molar-refractivity contribution in [3.8, 4) is 0 Å². The van der Waals surface area contributed by atoms with Crippen LogP contribution in [-0.4, -0.2) is 0 Å². The topological polar surface area (TPSA) is 12.0 Å². The third kappa shape index (κ3) is 2.82. The minimum Gasteiger partial charge on any atom is -0.379 e. The summed E-state index contributed by atoms with van der Waals surface area (Å²) in [5.74, 6) is -0.203. The standard InChI is InChI=1S/C15H15ClFN/c1-10-7-11(2)15(13(16)8-10)18-9-12-5-3-4-6-14(12)17/h3-8,18H,9H2,1-2H3. The third-order valence-corrected chi connectivity index (χ3v) is 3.14. The van der Waals surface area contributed by atoms with Crippen LogP contribution < -0.4 is 5.32 Å². The Kier molecular flexibility index (Phi) is 3.87. The van der Waals surface area contributed by atoms with Crippen LogP contribution in [0.1, 0.15) is 16.7 Å². The molecule has 0 heterocycles. The first-order valence-electron chi connectivity index (χ1n) is 5.82. The van der Waals surface area contributed by atoms with Gasteiger partial charge in [0.2, 0.25) is 0 Å². The molecule has 0 atom stereocenters. The van der Waals surface area contributed by atoms with E-state index in [9.17, 15) is 4.39 Å². The van der Waals surface area contributed by atoms with Crippen LogP contribution in [0.5, 0.6) is 0 Å². The summed E-state index contributed by atoms with van der Waals surface area (Å²) in [5.41, 5.74) is 3.68. The molecule has 0 saturated carbocycles. The Labute approximate surface area is 112 Å². The molecule has 0 aliphatic heterocycles. The fraction of sp³-hybridized carbons (Fsp3) is 0.200. The lowest BCUT2D eigenvalue weighted by atomic mass is 10.1. The Morgan fingerprint density at radius 1 is 1.17 bits per heavy atom. The molecule has 0 amide bonds. The number of aryl methyl sites for hydroxylation is 2. The zero-order valence-electron chi connectivity index (χ0n) is 10.4. The quantitative estimate of drug-likeness (QED) is 0.846. The fourth-order valence-electron chi connectivity index (χ4n) is 1.96. The summed E-state index contributed by atoms with van der Waals surface area (Å²) in [5, 5.41) is 3.86. The van der Waals surface area contributed by atoms with E-state index < -0.39 is 0 Å². The highest BCUT2D eigenvalue weighted by Crippen LogP contribution is 2.27. The van der Waals surface area contributed by atoms with Gasteiger partial charge in [0.1, 0.15) is 5.82 Å². The molecule has 2 aromatic carbocycles. The Morgan fingerprint density at radius 2 is 1.89 bits per heavy atom. The number of halogens is 2. The second-order valence-electron chi connectivity index (χ2n) is 4.38. The molecule has 2 rings (SSSR count). The van der Waals surface area contributed by atoms with Crippen molar-refractivity contribution in [3.05, 3.63) is 63.9 Å². The zero-order valence-corrected chi connectivity index (χ0v) is 11.2. The van der Waals surface area contributed by atoms with Gasteiger partial charge >= 0.3 is 0 Å². The van der Waals surface area contributed by atoms with E-state index in [1.54, 1.807) is 12.1 Å². The highest BCUT2D eigenvalue weighted by atomic mass is 35.5. The zero-order chi connectivity index (χ0) is 13.1. The average Bonchev–Trinajstić information content (AvgIpc) is 2.30. The van der Waals surface area contributed by atoms with E-state index >= 15 is 0 Å².